The second kappa shape index (κ2) is 5.49. The third-order valence-corrected chi connectivity index (χ3v) is 5.22. The molecule has 2 aliphatic rings. The number of H-pyrrole nitrogens is 1. The zero-order chi connectivity index (χ0) is 17.0. The molecule has 0 bridgehead atoms. The van der Waals surface area contributed by atoms with Gasteiger partial charge in [-0.25, -0.2) is 9.37 Å². The minimum Gasteiger partial charge on any atom is -0.378 e. The number of fused-ring (bicyclic) bond motifs is 3. The maximum atomic E-state index is 14.8. The molecule has 1 saturated carbocycles. The average Bonchev–Trinajstić information content (AvgIpc) is 3.13. The summed E-state index contributed by atoms with van der Waals surface area (Å²) in [5.41, 5.74) is 0.730. The molecular formula is C15H14ClFN4O3. The summed E-state index contributed by atoms with van der Waals surface area (Å²) >= 11 is 6.27. The van der Waals surface area contributed by atoms with Crippen molar-refractivity contribution in [2.24, 2.45) is 0 Å². The minimum atomic E-state index is -1.54. The average molecular weight is 353 g/mol. The van der Waals surface area contributed by atoms with E-state index in [9.17, 15) is 14.0 Å². The molecule has 2 amide bonds. The number of carbonyl (C=O) groups excluding carboxylic acids is 2. The lowest BCUT2D eigenvalue weighted by atomic mass is 9.89. The quantitative estimate of drug-likeness (QED) is 0.656. The SMILES string of the molecule is COC1CCC(Cl)C(N2C(=O)c3cnc4[nH]ncc4c3C2=O)C1F. The Kier molecular flexibility index (Phi) is 3.54. The van der Waals surface area contributed by atoms with E-state index in [2.05, 4.69) is 15.2 Å². The number of nitrogens with zero attached hydrogens (tertiary/aromatic N) is 3. The van der Waals surface area contributed by atoms with Crippen LogP contribution in [0.25, 0.3) is 11.0 Å². The molecule has 7 nitrogen and oxygen atoms in total. The number of rotatable bonds is 2. The highest BCUT2D eigenvalue weighted by Gasteiger charge is 2.50. The number of aromatic amines is 1. The van der Waals surface area contributed by atoms with Crippen LogP contribution in [0, 0.1) is 0 Å². The van der Waals surface area contributed by atoms with Crippen LogP contribution in [-0.2, 0) is 4.74 Å². The number of pyridine rings is 1. The van der Waals surface area contributed by atoms with Gasteiger partial charge in [0.15, 0.2) is 5.65 Å². The molecule has 1 fully saturated rings. The number of alkyl halides is 2. The highest BCUT2D eigenvalue weighted by molar-refractivity contribution is 6.27. The molecule has 2 aromatic rings. The van der Waals surface area contributed by atoms with Gasteiger partial charge in [0.1, 0.15) is 6.17 Å². The Morgan fingerprint density at radius 1 is 1.33 bits per heavy atom. The molecule has 0 radical (unpaired) electrons. The second-order valence-electron chi connectivity index (χ2n) is 5.96. The fraction of sp³-hybridized carbons (Fsp3) is 0.467. The number of ether oxygens (including phenoxy) is 1. The van der Waals surface area contributed by atoms with Crippen LogP contribution in [0.4, 0.5) is 4.39 Å². The third kappa shape index (κ3) is 1.99. The van der Waals surface area contributed by atoms with E-state index in [4.69, 9.17) is 16.3 Å². The molecule has 4 atom stereocenters. The van der Waals surface area contributed by atoms with Crippen molar-refractivity contribution < 1.29 is 18.7 Å². The fourth-order valence-electron chi connectivity index (χ4n) is 3.53. The predicted octanol–water partition coefficient (Wildman–Crippen LogP) is 1.68. The summed E-state index contributed by atoms with van der Waals surface area (Å²) in [5, 5.41) is 6.26. The van der Waals surface area contributed by atoms with Crippen molar-refractivity contribution in [1.29, 1.82) is 0 Å². The van der Waals surface area contributed by atoms with Crippen LogP contribution in [0.2, 0.25) is 0 Å². The monoisotopic (exact) mass is 352 g/mol. The van der Waals surface area contributed by atoms with Crippen molar-refractivity contribution in [3.63, 3.8) is 0 Å². The standard InChI is InChI=1S/C15H14ClFN4O3/c1-24-9-3-2-8(16)12(11(9)17)21-14(22)7-4-18-13-6(5-19-20-13)10(7)15(21)23/h4-5,8-9,11-12H,2-3H2,1H3,(H,18,19,20). The first-order valence-corrected chi connectivity index (χ1v) is 7.99. The van der Waals surface area contributed by atoms with Crippen LogP contribution in [-0.4, -0.2) is 62.7 Å². The van der Waals surface area contributed by atoms with Gasteiger partial charge < -0.3 is 4.74 Å². The molecule has 4 rings (SSSR count). The van der Waals surface area contributed by atoms with Crippen LogP contribution in [0.1, 0.15) is 33.6 Å². The van der Waals surface area contributed by atoms with Crippen LogP contribution < -0.4 is 0 Å². The van der Waals surface area contributed by atoms with Gasteiger partial charge in [0.25, 0.3) is 11.8 Å². The largest absolute Gasteiger partial charge is 0.378 e. The Morgan fingerprint density at radius 2 is 2.12 bits per heavy atom. The molecule has 0 aromatic carbocycles. The van der Waals surface area contributed by atoms with E-state index in [-0.39, 0.29) is 11.1 Å². The third-order valence-electron chi connectivity index (χ3n) is 4.74. The van der Waals surface area contributed by atoms with E-state index in [0.717, 1.165) is 4.90 Å². The number of nitrogens with one attached hydrogen (secondary N) is 1. The van der Waals surface area contributed by atoms with Crippen LogP contribution in [0.5, 0.6) is 0 Å². The first-order valence-electron chi connectivity index (χ1n) is 7.55. The summed E-state index contributed by atoms with van der Waals surface area (Å²) in [6.07, 6.45) is 1.41. The maximum absolute atomic E-state index is 14.8. The van der Waals surface area contributed by atoms with Gasteiger partial charge in [-0.1, -0.05) is 0 Å². The molecule has 24 heavy (non-hydrogen) atoms. The normalized spacial score (nSPS) is 30.2. The molecule has 126 valence electrons. The number of amides is 2. The summed E-state index contributed by atoms with van der Waals surface area (Å²) in [6, 6.07) is -1.07. The molecule has 9 heteroatoms. The Balaban J connectivity index is 1.79. The van der Waals surface area contributed by atoms with Crippen molar-refractivity contribution in [3.8, 4) is 0 Å². The van der Waals surface area contributed by atoms with Crippen LogP contribution in [0.15, 0.2) is 12.4 Å². The molecule has 1 aliphatic carbocycles. The lowest BCUT2D eigenvalue weighted by Gasteiger charge is -2.39. The Morgan fingerprint density at radius 3 is 2.88 bits per heavy atom. The predicted molar refractivity (Wildman–Crippen MR) is 82.7 cm³/mol. The molecule has 0 saturated heterocycles. The van der Waals surface area contributed by atoms with Gasteiger partial charge >= 0.3 is 0 Å². The van der Waals surface area contributed by atoms with Gasteiger partial charge in [-0.3, -0.25) is 19.6 Å². The van der Waals surface area contributed by atoms with Crippen molar-refractivity contribution in [1.82, 2.24) is 20.1 Å². The topological polar surface area (TPSA) is 88.2 Å². The van der Waals surface area contributed by atoms with E-state index in [0.29, 0.717) is 23.9 Å². The Labute approximate surface area is 141 Å². The van der Waals surface area contributed by atoms with Gasteiger partial charge in [0.05, 0.1) is 40.2 Å². The number of carbonyl (C=O) groups is 2. The van der Waals surface area contributed by atoms with E-state index in [1.807, 2.05) is 0 Å². The highest BCUT2D eigenvalue weighted by atomic mass is 35.5. The van der Waals surface area contributed by atoms with Gasteiger partial charge in [-0.05, 0) is 12.8 Å². The number of imide groups is 1. The molecule has 2 aromatic heterocycles. The number of hydrogen-bond donors (Lipinski definition) is 1. The van der Waals surface area contributed by atoms with Gasteiger partial charge in [0, 0.05) is 13.3 Å². The van der Waals surface area contributed by atoms with Crippen molar-refractivity contribution >= 4 is 34.4 Å². The summed E-state index contributed by atoms with van der Waals surface area (Å²) < 4.78 is 20.0. The molecular weight excluding hydrogens is 339 g/mol. The highest BCUT2D eigenvalue weighted by Crippen LogP contribution is 2.37. The molecule has 3 heterocycles. The fourth-order valence-corrected chi connectivity index (χ4v) is 3.91. The molecule has 0 spiro atoms. The molecule has 1 aliphatic heterocycles. The lowest BCUT2D eigenvalue weighted by molar-refractivity contribution is -0.0296. The zero-order valence-corrected chi connectivity index (χ0v) is 13.5. The first-order chi connectivity index (χ1) is 11.5. The van der Waals surface area contributed by atoms with E-state index in [1.54, 1.807) is 0 Å². The number of halogens is 2. The first kappa shape index (κ1) is 15.5. The second-order valence-corrected chi connectivity index (χ2v) is 6.52. The number of hydrogen-bond acceptors (Lipinski definition) is 5. The summed E-state index contributed by atoms with van der Waals surface area (Å²) in [6.45, 7) is 0. The van der Waals surface area contributed by atoms with Crippen LogP contribution in [0.3, 0.4) is 0 Å². The van der Waals surface area contributed by atoms with Crippen molar-refractivity contribution in [2.45, 2.75) is 36.5 Å². The summed E-state index contributed by atoms with van der Waals surface area (Å²) in [4.78, 5) is 30.6. The van der Waals surface area contributed by atoms with Crippen molar-refractivity contribution in [2.75, 3.05) is 7.11 Å². The van der Waals surface area contributed by atoms with E-state index >= 15 is 0 Å². The molecule has 1 N–H and O–H groups in total. The number of methoxy groups -OCH3 is 1. The zero-order valence-electron chi connectivity index (χ0n) is 12.7. The minimum absolute atomic E-state index is 0.143. The smallest absolute Gasteiger partial charge is 0.263 e. The van der Waals surface area contributed by atoms with Gasteiger partial charge in [0.2, 0.25) is 0 Å². The molecule has 4 unspecified atom stereocenters. The van der Waals surface area contributed by atoms with Crippen LogP contribution >= 0.6 is 11.6 Å². The number of aromatic nitrogens is 3. The van der Waals surface area contributed by atoms with Gasteiger partial charge in [-0.15, -0.1) is 11.6 Å². The summed E-state index contributed by atoms with van der Waals surface area (Å²) in [7, 11) is 1.41. The summed E-state index contributed by atoms with van der Waals surface area (Å²) in [5.74, 6) is -1.15. The van der Waals surface area contributed by atoms with Gasteiger partial charge in [-0.2, -0.15) is 5.10 Å². The Bertz CT molecular complexity index is 841. The maximum Gasteiger partial charge on any atom is 0.263 e. The lowest BCUT2D eigenvalue weighted by Crippen LogP contribution is -2.56. The Hall–Kier alpha value is -2.06. The van der Waals surface area contributed by atoms with E-state index < -0.39 is 35.5 Å². The van der Waals surface area contributed by atoms with Crippen molar-refractivity contribution in [3.05, 3.63) is 23.5 Å². The van der Waals surface area contributed by atoms with E-state index in [1.165, 1.54) is 19.5 Å².